The van der Waals surface area contributed by atoms with Gasteiger partial charge in [-0.1, -0.05) is 30.3 Å². The van der Waals surface area contributed by atoms with Gasteiger partial charge in [-0.3, -0.25) is 4.79 Å². The van der Waals surface area contributed by atoms with Crippen molar-refractivity contribution >= 4 is 15.9 Å². The maximum absolute atomic E-state index is 12.8. The third-order valence-corrected chi connectivity index (χ3v) is 7.39. The van der Waals surface area contributed by atoms with E-state index in [4.69, 9.17) is 4.74 Å². The van der Waals surface area contributed by atoms with Gasteiger partial charge in [-0.25, -0.2) is 13.4 Å². The largest absolute Gasteiger partial charge is 0.489 e. The number of ether oxygens (including phenoxy) is 1. The molecule has 0 spiro atoms. The van der Waals surface area contributed by atoms with Gasteiger partial charge >= 0.3 is 0 Å². The van der Waals surface area contributed by atoms with Crippen molar-refractivity contribution in [1.29, 1.82) is 0 Å². The quantitative estimate of drug-likeness (QED) is 0.637. The van der Waals surface area contributed by atoms with E-state index < -0.39 is 15.9 Å². The van der Waals surface area contributed by atoms with E-state index in [0.29, 0.717) is 31.9 Å². The number of sulfonamides is 1. The number of nitrogens with zero attached hydrogens (tertiary/aromatic N) is 3. The molecule has 170 valence electrons. The van der Waals surface area contributed by atoms with Crippen LogP contribution in [-0.4, -0.2) is 72.5 Å². The van der Waals surface area contributed by atoms with Gasteiger partial charge in [0.2, 0.25) is 5.91 Å². The second kappa shape index (κ2) is 9.01. The van der Waals surface area contributed by atoms with Crippen molar-refractivity contribution in [2.45, 2.75) is 30.9 Å². The average molecular weight is 458 g/mol. The van der Waals surface area contributed by atoms with Gasteiger partial charge in [0.25, 0.3) is 10.0 Å². The first kappa shape index (κ1) is 22.4. The molecule has 2 aliphatic rings. The van der Waals surface area contributed by atoms with Gasteiger partial charge in [0.05, 0.1) is 24.8 Å². The summed E-state index contributed by atoms with van der Waals surface area (Å²) in [6, 6.07) is 12.3. The molecule has 0 unspecified atom stereocenters. The molecule has 0 saturated carbocycles. The number of carbonyl (C=O) groups is 1. The van der Waals surface area contributed by atoms with Crippen LogP contribution < -0.4 is 4.74 Å². The molecule has 1 aromatic heterocycles. The van der Waals surface area contributed by atoms with E-state index in [1.807, 2.05) is 44.2 Å². The molecule has 1 aromatic carbocycles. The zero-order valence-electron chi connectivity index (χ0n) is 18.1. The van der Waals surface area contributed by atoms with Crippen LogP contribution in [-0.2, 0) is 14.8 Å². The Hall–Kier alpha value is -2.75. The molecule has 1 amide bonds. The fourth-order valence-corrected chi connectivity index (χ4v) is 5.13. The number of carbonyl (C=O) groups excluding carboxylic acids is 1. The smallest absolute Gasteiger partial charge is 0.261 e. The fourth-order valence-electron chi connectivity index (χ4n) is 3.79. The molecule has 2 fully saturated rings. The van der Waals surface area contributed by atoms with Crippen LogP contribution in [0.3, 0.4) is 0 Å². The van der Waals surface area contributed by atoms with Crippen LogP contribution in [0.5, 0.6) is 5.75 Å². The fraction of sp³-hybridized carbons (Fsp3) is 0.391. The Morgan fingerprint density at radius 1 is 1.06 bits per heavy atom. The van der Waals surface area contributed by atoms with E-state index in [1.165, 1.54) is 16.6 Å². The van der Waals surface area contributed by atoms with E-state index in [-0.39, 0.29) is 23.6 Å². The van der Waals surface area contributed by atoms with Gasteiger partial charge in [-0.2, -0.15) is 4.31 Å². The topological polar surface area (TPSA) is 100 Å². The predicted molar refractivity (Wildman–Crippen MR) is 119 cm³/mol. The first-order valence-corrected chi connectivity index (χ1v) is 12.0. The van der Waals surface area contributed by atoms with E-state index in [1.54, 1.807) is 11.0 Å². The minimum Gasteiger partial charge on any atom is -0.489 e. The zero-order chi connectivity index (χ0) is 22.9. The molecule has 2 saturated heterocycles. The van der Waals surface area contributed by atoms with E-state index in [0.717, 1.165) is 16.7 Å². The van der Waals surface area contributed by atoms with E-state index in [2.05, 4.69) is 4.98 Å². The molecular weight excluding hydrogens is 430 g/mol. The lowest BCUT2D eigenvalue weighted by molar-refractivity contribution is -0.135. The van der Waals surface area contributed by atoms with Gasteiger partial charge in [0.15, 0.2) is 5.03 Å². The van der Waals surface area contributed by atoms with Crippen LogP contribution in [0.2, 0.25) is 0 Å². The van der Waals surface area contributed by atoms with Crippen LogP contribution in [0.25, 0.3) is 0 Å². The van der Waals surface area contributed by atoms with Gasteiger partial charge in [0, 0.05) is 26.2 Å². The van der Waals surface area contributed by atoms with Crippen LogP contribution in [0.4, 0.5) is 0 Å². The Bertz CT molecular complexity index is 1100. The first-order valence-electron chi connectivity index (χ1n) is 10.6. The minimum absolute atomic E-state index is 0.00304. The normalized spacial score (nSPS) is 17.7. The molecule has 8 nitrogen and oxygen atoms in total. The molecule has 9 heteroatoms. The summed E-state index contributed by atoms with van der Waals surface area (Å²) in [5.74, 6) is -0.157. The van der Waals surface area contributed by atoms with Crippen molar-refractivity contribution in [2.24, 2.45) is 0 Å². The van der Waals surface area contributed by atoms with Crippen LogP contribution in [0.15, 0.2) is 64.8 Å². The van der Waals surface area contributed by atoms with E-state index in [9.17, 15) is 18.3 Å². The number of hydrogen-bond donors (Lipinski definition) is 1. The summed E-state index contributed by atoms with van der Waals surface area (Å²) < 4.78 is 32.5. The third kappa shape index (κ3) is 4.41. The lowest BCUT2D eigenvalue weighted by atomic mass is 9.92. The number of aliphatic hydroxyl groups is 1. The number of rotatable bonds is 7. The summed E-state index contributed by atoms with van der Waals surface area (Å²) in [5.41, 5.74) is 2.92. The Morgan fingerprint density at radius 3 is 2.28 bits per heavy atom. The van der Waals surface area contributed by atoms with Crippen LogP contribution in [0.1, 0.15) is 25.3 Å². The summed E-state index contributed by atoms with van der Waals surface area (Å²) in [6.07, 6.45) is 1.41. The van der Waals surface area contributed by atoms with Gasteiger partial charge < -0.3 is 14.7 Å². The number of pyridine rings is 1. The monoisotopic (exact) mass is 457 g/mol. The molecule has 32 heavy (non-hydrogen) atoms. The van der Waals surface area contributed by atoms with Crippen molar-refractivity contribution in [3.8, 4) is 5.75 Å². The van der Waals surface area contributed by atoms with Crippen molar-refractivity contribution in [1.82, 2.24) is 14.2 Å². The first-order chi connectivity index (χ1) is 15.3. The van der Waals surface area contributed by atoms with Gasteiger partial charge in [-0.15, -0.1) is 0 Å². The van der Waals surface area contributed by atoms with Gasteiger partial charge in [0.1, 0.15) is 5.75 Å². The Labute approximate surface area is 188 Å². The average Bonchev–Trinajstić information content (AvgIpc) is 2.69. The van der Waals surface area contributed by atoms with Crippen molar-refractivity contribution < 1.29 is 23.1 Å². The summed E-state index contributed by atoms with van der Waals surface area (Å²) in [7, 11) is -3.66. The Kier molecular flexibility index (Phi) is 6.32. The number of likely N-dealkylation sites (tertiary alicyclic amines) is 1. The highest BCUT2D eigenvalue weighted by Crippen LogP contribution is 2.31. The molecule has 2 aliphatic heterocycles. The lowest BCUT2D eigenvalue weighted by Gasteiger charge is -2.42. The van der Waals surface area contributed by atoms with Crippen molar-refractivity contribution in [3.05, 3.63) is 65.4 Å². The molecule has 0 aliphatic carbocycles. The summed E-state index contributed by atoms with van der Waals surface area (Å²) in [6.45, 7) is 5.11. The Balaban J connectivity index is 1.34. The number of hydrogen-bond acceptors (Lipinski definition) is 6. The second-order valence-electron chi connectivity index (χ2n) is 8.32. The number of aliphatic hydroxyl groups excluding tert-OH is 1. The molecule has 4 rings (SSSR count). The van der Waals surface area contributed by atoms with Crippen LogP contribution >= 0.6 is 0 Å². The number of benzene rings is 1. The molecule has 0 bridgehead atoms. The molecule has 0 radical (unpaired) electrons. The van der Waals surface area contributed by atoms with Crippen molar-refractivity contribution in [3.63, 3.8) is 0 Å². The van der Waals surface area contributed by atoms with E-state index >= 15 is 0 Å². The highest BCUT2D eigenvalue weighted by Gasteiger charge is 2.39. The Morgan fingerprint density at radius 2 is 1.72 bits per heavy atom. The third-order valence-electron chi connectivity index (χ3n) is 5.68. The summed E-state index contributed by atoms with van der Waals surface area (Å²) in [4.78, 5) is 18.5. The maximum Gasteiger partial charge on any atom is 0.261 e. The predicted octanol–water partition coefficient (Wildman–Crippen LogP) is 1.79. The number of amides is 1. The highest BCUT2D eigenvalue weighted by atomic mass is 32.2. The van der Waals surface area contributed by atoms with Crippen LogP contribution in [0, 0.1) is 0 Å². The maximum atomic E-state index is 12.8. The molecule has 3 heterocycles. The molecular formula is C23H27N3O5S. The summed E-state index contributed by atoms with van der Waals surface area (Å²) >= 11 is 0. The molecule has 2 aromatic rings. The minimum atomic E-state index is -3.66. The van der Waals surface area contributed by atoms with Gasteiger partial charge in [-0.05, 0) is 42.7 Å². The number of aromatic nitrogens is 1. The van der Waals surface area contributed by atoms with Crippen molar-refractivity contribution in [2.75, 3.05) is 32.8 Å². The zero-order valence-corrected chi connectivity index (χ0v) is 19.0. The highest BCUT2D eigenvalue weighted by molar-refractivity contribution is 7.89. The SMILES string of the molecule is CC(C)Oc1ccc(S(=O)(=O)N2CC(=C3CN(C(=O)[C@H](CO)c4ccccc4)C3)C2)nc1. The molecule has 1 N–H and O–H groups in total. The summed E-state index contributed by atoms with van der Waals surface area (Å²) in [5, 5.41) is 9.69. The standard InChI is InChI=1S/C23H27N3O5S/c1-16(2)31-20-8-9-22(24-10-20)32(29,30)26-13-19(14-26)18-11-25(12-18)23(28)21(15-27)17-6-4-3-5-7-17/h3-10,16,21,27H,11-15H2,1-2H3/t21-/m1/s1. The molecule has 1 atom stereocenters. The second-order valence-corrected chi connectivity index (χ2v) is 10.2. The lowest BCUT2D eigenvalue weighted by Crippen LogP contribution is -2.52.